The SMILES string of the molecule is Cc1c(N)ccc(-c2ccc(N)cc2C(=O)C=Cc2ccc(C(=O)Oc3ccc(OCC(F)(F)F)cc3)cc2)c1C(=O)C=Cc1ccc(C(=O)Oc2ccc(OCC(F)(F)F)cc2)cc1.Nc1ccc(-c2ccc(N)cc2)cc1. The van der Waals surface area contributed by atoms with Crippen LogP contribution in [0.3, 0.4) is 0 Å². The van der Waals surface area contributed by atoms with Gasteiger partial charge in [-0.1, -0.05) is 72.8 Å². The van der Waals surface area contributed by atoms with Gasteiger partial charge in [-0.25, -0.2) is 9.59 Å². The molecule has 0 aromatic heterocycles. The number of benzene rings is 8. The number of carbonyl (C=O) groups excluding carboxylic acids is 4. The van der Waals surface area contributed by atoms with Gasteiger partial charge in [-0.15, -0.1) is 0 Å². The fraction of sp³-hybridized carbons (Fsp3) is 0.0820. The van der Waals surface area contributed by atoms with Gasteiger partial charge in [0.05, 0.1) is 11.1 Å². The van der Waals surface area contributed by atoms with E-state index in [-0.39, 0.29) is 50.9 Å². The summed E-state index contributed by atoms with van der Waals surface area (Å²) in [5.74, 6) is -2.28. The third-order valence-corrected chi connectivity index (χ3v) is 11.5. The highest BCUT2D eigenvalue weighted by Crippen LogP contribution is 2.35. The van der Waals surface area contributed by atoms with Gasteiger partial charge in [0, 0.05) is 33.9 Å². The lowest BCUT2D eigenvalue weighted by atomic mass is 9.88. The van der Waals surface area contributed by atoms with Gasteiger partial charge in [0.2, 0.25) is 0 Å². The number of rotatable bonds is 16. The number of esters is 2. The number of hydrogen-bond acceptors (Lipinski definition) is 12. The number of ether oxygens (including phenoxy) is 4. The molecule has 0 spiro atoms. The van der Waals surface area contributed by atoms with Gasteiger partial charge < -0.3 is 41.9 Å². The Hall–Kier alpha value is -10.1. The summed E-state index contributed by atoms with van der Waals surface area (Å²) < 4.78 is 94.5. The zero-order valence-corrected chi connectivity index (χ0v) is 41.8. The number of nitrogens with two attached hydrogens (primary N) is 4. The molecule has 18 heteroatoms. The number of anilines is 4. The van der Waals surface area contributed by atoms with Crippen molar-refractivity contribution in [3.05, 3.63) is 227 Å². The maximum atomic E-state index is 13.9. The number of hydrogen-bond donors (Lipinski definition) is 4. The molecule has 0 saturated carbocycles. The topological polar surface area (TPSA) is 209 Å². The van der Waals surface area contributed by atoms with Gasteiger partial charge in [-0.2, -0.15) is 26.3 Å². The van der Waals surface area contributed by atoms with Gasteiger partial charge in [0.25, 0.3) is 0 Å². The number of nitrogen functional groups attached to an aromatic ring is 4. The maximum Gasteiger partial charge on any atom is 0.422 e. The summed E-state index contributed by atoms with van der Waals surface area (Å²) in [4.78, 5) is 53.1. The first-order valence-electron chi connectivity index (χ1n) is 23.8. The predicted octanol–water partition coefficient (Wildman–Crippen LogP) is 13.5. The van der Waals surface area contributed by atoms with Crippen LogP contribution in [-0.4, -0.2) is 49.1 Å². The molecule has 0 heterocycles. The zero-order valence-electron chi connectivity index (χ0n) is 41.8. The lowest BCUT2D eigenvalue weighted by Gasteiger charge is -2.16. The van der Waals surface area contributed by atoms with Crippen molar-refractivity contribution >= 4 is 58.4 Å². The van der Waals surface area contributed by atoms with Crippen LogP contribution in [0.4, 0.5) is 49.1 Å². The minimum Gasteiger partial charge on any atom is -0.484 e. The minimum atomic E-state index is -4.50. The van der Waals surface area contributed by atoms with Gasteiger partial charge >= 0.3 is 24.3 Å². The Labute approximate surface area is 449 Å². The summed E-state index contributed by atoms with van der Waals surface area (Å²) in [6.07, 6.45) is -3.31. The second-order valence-corrected chi connectivity index (χ2v) is 17.4. The van der Waals surface area contributed by atoms with Crippen LogP contribution in [0.5, 0.6) is 23.0 Å². The summed E-state index contributed by atoms with van der Waals surface area (Å²) in [7, 11) is 0. The highest BCUT2D eigenvalue weighted by molar-refractivity contribution is 6.16. The average molecular weight is 1080 g/mol. The Morgan fingerprint density at radius 1 is 0.443 bits per heavy atom. The van der Waals surface area contributed by atoms with E-state index in [4.69, 9.17) is 32.4 Å². The molecule has 0 bridgehead atoms. The highest BCUT2D eigenvalue weighted by atomic mass is 19.4. The van der Waals surface area contributed by atoms with Gasteiger partial charge in [-0.3, -0.25) is 9.59 Å². The third kappa shape index (κ3) is 16.4. The summed E-state index contributed by atoms with van der Waals surface area (Å²) >= 11 is 0. The average Bonchev–Trinajstić information content (AvgIpc) is 3.45. The Balaban J connectivity index is 0.000000556. The van der Waals surface area contributed by atoms with E-state index < -0.39 is 49.1 Å². The molecule has 0 radical (unpaired) electrons. The smallest absolute Gasteiger partial charge is 0.422 e. The molecule has 8 N–H and O–H groups in total. The van der Waals surface area contributed by atoms with E-state index in [2.05, 4.69) is 9.47 Å². The standard InChI is InChI=1S/C49H36F6N2O8.C12H12N2/c1-29-42(57)23-22-40(45(29)44(59)25-7-31-4-10-33(11-5-31)47(61)65-38-19-15-36(16-20-38)63-28-49(53,54)55)39-21-12-34(56)26-41(39)43(58)24-6-30-2-8-32(9-3-30)46(60)64-37-17-13-35(14-18-37)62-27-48(50,51)52;13-11-5-1-9(2-6-11)10-3-7-12(14)8-4-10/h2-26H,27-28,56-57H2,1H3;1-8H,13-14H2. The zero-order chi connectivity index (χ0) is 56.9. The molecule has 8 aromatic carbocycles. The van der Waals surface area contributed by atoms with E-state index in [1.54, 1.807) is 55.5 Å². The first-order valence-corrected chi connectivity index (χ1v) is 23.8. The number of halogens is 6. The number of ketones is 2. The molecule has 0 aliphatic heterocycles. The molecule has 0 atom stereocenters. The fourth-order valence-electron chi connectivity index (χ4n) is 7.47. The van der Waals surface area contributed by atoms with Crippen molar-refractivity contribution < 1.29 is 64.5 Å². The van der Waals surface area contributed by atoms with Crippen molar-refractivity contribution in [3.63, 3.8) is 0 Å². The van der Waals surface area contributed by atoms with Crippen molar-refractivity contribution in [1.29, 1.82) is 0 Å². The van der Waals surface area contributed by atoms with Crippen LogP contribution in [-0.2, 0) is 0 Å². The van der Waals surface area contributed by atoms with Gasteiger partial charge in [0.1, 0.15) is 23.0 Å². The van der Waals surface area contributed by atoms with E-state index in [1.807, 2.05) is 48.5 Å². The Bertz CT molecular complexity index is 3470. The van der Waals surface area contributed by atoms with E-state index in [0.717, 1.165) is 22.5 Å². The molecule has 0 saturated heterocycles. The molecule has 0 amide bonds. The van der Waals surface area contributed by atoms with Crippen LogP contribution >= 0.6 is 0 Å². The quantitative estimate of drug-likeness (QED) is 0.0178. The van der Waals surface area contributed by atoms with Crippen LogP contribution in [0.2, 0.25) is 0 Å². The maximum absolute atomic E-state index is 13.9. The van der Waals surface area contributed by atoms with Crippen LogP contribution in [0, 0.1) is 6.92 Å². The van der Waals surface area contributed by atoms with E-state index in [1.165, 1.54) is 103 Å². The predicted molar refractivity (Wildman–Crippen MR) is 292 cm³/mol. The lowest BCUT2D eigenvalue weighted by Crippen LogP contribution is -2.19. The minimum absolute atomic E-state index is 0.0510. The van der Waals surface area contributed by atoms with Gasteiger partial charge in [-0.05, 0) is 173 Å². The van der Waals surface area contributed by atoms with Crippen molar-refractivity contribution in [2.75, 3.05) is 36.1 Å². The van der Waals surface area contributed by atoms with Crippen molar-refractivity contribution in [1.82, 2.24) is 0 Å². The van der Waals surface area contributed by atoms with Crippen LogP contribution in [0.15, 0.2) is 188 Å². The van der Waals surface area contributed by atoms with Crippen molar-refractivity contribution in [2.45, 2.75) is 19.3 Å². The molecule has 12 nitrogen and oxygen atoms in total. The molecule has 402 valence electrons. The molecule has 8 aromatic rings. The lowest BCUT2D eigenvalue weighted by molar-refractivity contribution is -0.154. The normalized spacial score (nSPS) is 11.4. The Morgan fingerprint density at radius 2 is 0.823 bits per heavy atom. The molecule has 0 unspecified atom stereocenters. The molecule has 8 rings (SSSR count). The van der Waals surface area contributed by atoms with Crippen LogP contribution in [0.25, 0.3) is 34.4 Å². The van der Waals surface area contributed by atoms with E-state index in [9.17, 15) is 45.5 Å². The van der Waals surface area contributed by atoms with Crippen molar-refractivity contribution in [2.24, 2.45) is 0 Å². The molecular formula is C61H48F6N4O8. The molecule has 0 aliphatic carbocycles. The monoisotopic (exact) mass is 1080 g/mol. The second kappa shape index (κ2) is 25.2. The fourth-order valence-corrected chi connectivity index (χ4v) is 7.47. The number of alkyl halides is 6. The number of carbonyl (C=O) groups is 4. The van der Waals surface area contributed by atoms with Crippen LogP contribution in [0.1, 0.15) is 58.1 Å². The Kier molecular flexibility index (Phi) is 18.0. The Morgan fingerprint density at radius 3 is 1.24 bits per heavy atom. The summed E-state index contributed by atoms with van der Waals surface area (Å²) in [5.41, 5.74) is 31.2. The van der Waals surface area contributed by atoms with Gasteiger partial charge in [0.15, 0.2) is 24.8 Å². The van der Waals surface area contributed by atoms with E-state index in [0.29, 0.717) is 33.5 Å². The molecular weight excluding hydrogens is 1030 g/mol. The largest absolute Gasteiger partial charge is 0.484 e. The molecule has 0 aliphatic rings. The van der Waals surface area contributed by atoms with E-state index >= 15 is 0 Å². The first-order chi connectivity index (χ1) is 37.6. The second-order valence-electron chi connectivity index (χ2n) is 17.4. The van der Waals surface area contributed by atoms with Crippen molar-refractivity contribution in [3.8, 4) is 45.3 Å². The molecule has 0 fully saturated rings. The number of allylic oxidation sites excluding steroid dienone is 2. The summed E-state index contributed by atoms with van der Waals surface area (Å²) in [6.45, 7) is -1.25. The highest BCUT2D eigenvalue weighted by Gasteiger charge is 2.29. The summed E-state index contributed by atoms with van der Waals surface area (Å²) in [5, 5.41) is 0. The molecule has 79 heavy (non-hydrogen) atoms. The third-order valence-electron chi connectivity index (χ3n) is 11.5. The summed E-state index contributed by atoms with van der Waals surface area (Å²) in [6, 6.07) is 45.9. The van der Waals surface area contributed by atoms with Crippen LogP contribution < -0.4 is 41.9 Å². The first kappa shape index (κ1) is 56.6.